The van der Waals surface area contributed by atoms with Crippen molar-refractivity contribution < 1.29 is 80.5 Å². The van der Waals surface area contributed by atoms with Crippen molar-refractivity contribution >= 4 is 65.3 Å². The molecule has 0 radical (unpaired) electrons. The molecule has 4 aromatic heterocycles. The molecule has 6 heterocycles. The van der Waals surface area contributed by atoms with Gasteiger partial charge in [-0.2, -0.15) is 0 Å². The van der Waals surface area contributed by atoms with Crippen molar-refractivity contribution in [1.29, 1.82) is 0 Å². The minimum Gasteiger partial charge on any atom is -0.444 e. The Kier molecular flexibility index (Phi) is 22.9. The number of carbonyl (C=O) groups is 2. The molecule has 30 heteroatoms. The molecule has 2 fully saturated rings. The Hall–Kier alpha value is -9.06. The van der Waals surface area contributed by atoms with Gasteiger partial charge in [0.15, 0.2) is 19.7 Å². The molecule has 2 N–H and O–H groups in total. The molecular weight excluding hydrogens is 1360 g/mol. The molecule has 100 heavy (non-hydrogen) atoms. The first-order chi connectivity index (χ1) is 46.9. The average molecular weight is 1440 g/mol. The van der Waals surface area contributed by atoms with Gasteiger partial charge in [-0.3, -0.25) is 0 Å². The molecule has 0 spiro atoms. The van der Waals surface area contributed by atoms with Gasteiger partial charge in [-0.15, -0.1) is 0 Å². The van der Waals surface area contributed by atoms with Crippen LogP contribution in [0.5, 0.6) is 23.3 Å². The summed E-state index contributed by atoms with van der Waals surface area (Å²) in [6.45, 7) is 16.5. The molecular formula is C70H78F8N10O10S2. The van der Waals surface area contributed by atoms with Crippen molar-refractivity contribution in [2.75, 3.05) is 48.3 Å². The number of alkyl halides is 6. The lowest BCUT2D eigenvalue weighted by atomic mass is 10.0. The average Bonchev–Trinajstić information content (AvgIpc) is 0.770. The Morgan fingerprint density at radius 1 is 0.520 bits per heavy atom. The first kappa shape index (κ1) is 75.1. The fourth-order valence-corrected chi connectivity index (χ4v) is 14.6. The maximum atomic E-state index is 15.1. The lowest BCUT2D eigenvalue weighted by Crippen LogP contribution is -2.51. The quantitative estimate of drug-likeness (QED) is 0.0673. The van der Waals surface area contributed by atoms with Crippen molar-refractivity contribution in [2.24, 2.45) is 0 Å². The highest BCUT2D eigenvalue weighted by atomic mass is 32.2. The van der Waals surface area contributed by atoms with E-state index in [1.807, 2.05) is 0 Å². The number of nitrogens with one attached hydrogen (secondary N) is 2. The summed E-state index contributed by atoms with van der Waals surface area (Å²) >= 11 is 0. The van der Waals surface area contributed by atoms with Crippen LogP contribution in [0.3, 0.4) is 0 Å². The van der Waals surface area contributed by atoms with E-state index in [9.17, 15) is 52.8 Å². The molecule has 2 aliphatic heterocycles. The number of hydrogen-bond donors (Lipinski definition) is 2. The normalized spacial score (nSPS) is 17.1. The van der Waals surface area contributed by atoms with Crippen molar-refractivity contribution in [3.05, 3.63) is 144 Å². The second kappa shape index (κ2) is 30.4. The summed E-state index contributed by atoms with van der Waals surface area (Å²) in [7, 11) is -8.77. The molecule has 4 aromatic carbocycles. The zero-order valence-corrected chi connectivity index (χ0v) is 58.3. The van der Waals surface area contributed by atoms with E-state index in [-0.39, 0.29) is 96.1 Å². The number of likely N-dealkylation sites (tertiary alicyclic amines) is 2. The van der Waals surface area contributed by atoms with Crippen LogP contribution >= 0.6 is 0 Å². The molecule has 2 amide bonds. The first-order valence-corrected chi connectivity index (χ1v) is 35.8. The third-order valence-electron chi connectivity index (χ3n) is 16.0. The maximum absolute atomic E-state index is 15.1. The van der Waals surface area contributed by atoms with E-state index in [0.717, 1.165) is 12.1 Å². The third kappa shape index (κ3) is 19.7. The number of halogens is 8. The Morgan fingerprint density at radius 2 is 0.890 bits per heavy atom. The van der Waals surface area contributed by atoms with Gasteiger partial charge in [0.05, 0.1) is 47.1 Å². The number of aromatic nitrogens is 6. The van der Waals surface area contributed by atoms with Crippen LogP contribution in [0.25, 0.3) is 44.1 Å². The summed E-state index contributed by atoms with van der Waals surface area (Å²) in [5.74, 6) is -12.1. The fourth-order valence-electron chi connectivity index (χ4n) is 11.3. The van der Waals surface area contributed by atoms with E-state index in [4.69, 9.17) is 18.9 Å². The van der Waals surface area contributed by atoms with Crippen LogP contribution in [0.4, 0.5) is 56.6 Å². The highest BCUT2D eigenvalue weighted by molar-refractivity contribution is 7.91. The number of hydrogen-bond acceptors (Lipinski definition) is 18. The van der Waals surface area contributed by atoms with E-state index in [1.54, 1.807) is 104 Å². The fraction of sp³-hybridized carbons (Fsp3) is 0.429. The molecule has 0 aliphatic carbocycles. The summed E-state index contributed by atoms with van der Waals surface area (Å²) in [5.41, 5.74) is 0.974. The van der Waals surface area contributed by atoms with Crippen LogP contribution in [-0.2, 0) is 40.7 Å². The molecule has 4 atom stereocenters. The number of pyridine rings is 2. The Balaban J connectivity index is 0.000000233. The number of fused-ring (bicyclic) bond motifs is 2. The van der Waals surface area contributed by atoms with Crippen molar-refractivity contribution in [2.45, 2.75) is 154 Å². The van der Waals surface area contributed by atoms with E-state index >= 15 is 8.78 Å². The molecule has 8 aromatic rings. The lowest BCUT2D eigenvalue weighted by Gasteiger charge is -2.36. The SMILES string of the molecule is CCC(F)(F)CS(=O)(=O)Cc1c(F)ccc2c(Oc3ncccc3-c3ccnc(N[C@@H]4C[C@@H](F)CN(C(=O)OC(C)(C)C)C4)n3)c(C)ccc12.CCC(F)(F)CS(=O)(=O)Cc1c(F)ccc2c(Oc3ncccc3-c3ccnc(N[C@H]4C[C@H](F)CN(C(=O)OC(C)(C)C)C4)n3)c(C)ccc12. The van der Waals surface area contributed by atoms with Gasteiger partial charge in [0.2, 0.25) is 23.7 Å². The zero-order chi connectivity index (χ0) is 72.9. The summed E-state index contributed by atoms with van der Waals surface area (Å²) in [6, 6.07) is 20.3. The van der Waals surface area contributed by atoms with Crippen LogP contribution in [0.1, 0.15) is 103 Å². The molecule has 20 nitrogen and oxygen atoms in total. The highest BCUT2D eigenvalue weighted by Crippen LogP contribution is 2.42. The predicted octanol–water partition coefficient (Wildman–Crippen LogP) is 15.3. The van der Waals surface area contributed by atoms with Crippen molar-refractivity contribution in [1.82, 2.24) is 39.7 Å². The van der Waals surface area contributed by atoms with E-state index in [2.05, 4.69) is 40.5 Å². The highest BCUT2D eigenvalue weighted by Gasteiger charge is 2.38. The number of piperidine rings is 2. The van der Waals surface area contributed by atoms with E-state index in [0.29, 0.717) is 44.4 Å². The molecule has 0 bridgehead atoms. The number of amides is 2. The molecule has 2 saturated heterocycles. The van der Waals surface area contributed by atoms with E-state index in [1.165, 1.54) is 72.7 Å². The smallest absolute Gasteiger partial charge is 0.410 e. The van der Waals surface area contributed by atoms with Gasteiger partial charge in [-0.05, 0) is 138 Å². The van der Waals surface area contributed by atoms with Gasteiger partial charge in [-0.25, -0.2) is 91.5 Å². The first-order valence-electron chi connectivity index (χ1n) is 32.1. The van der Waals surface area contributed by atoms with Crippen LogP contribution < -0.4 is 20.1 Å². The summed E-state index contributed by atoms with van der Waals surface area (Å²) in [6.07, 6.45) is 1.13. The molecule has 536 valence electrons. The van der Waals surface area contributed by atoms with Crippen LogP contribution in [-0.4, -0.2) is 154 Å². The van der Waals surface area contributed by atoms with Crippen LogP contribution in [0.15, 0.2) is 110 Å². The van der Waals surface area contributed by atoms with Crippen molar-refractivity contribution in [3.8, 4) is 45.8 Å². The number of benzene rings is 4. The van der Waals surface area contributed by atoms with Gasteiger partial charge in [0.1, 0.15) is 58.2 Å². The van der Waals surface area contributed by atoms with E-state index < -0.39 is 127 Å². The Labute approximate surface area is 574 Å². The molecule has 0 unspecified atom stereocenters. The Bertz CT molecular complexity index is 4260. The number of anilines is 2. The topological polar surface area (TPSA) is 247 Å². The molecule has 0 saturated carbocycles. The van der Waals surface area contributed by atoms with Gasteiger partial charge < -0.3 is 39.4 Å². The van der Waals surface area contributed by atoms with Crippen LogP contribution in [0, 0.1) is 25.5 Å². The van der Waals surface area contributed by atoms with Gasteiger partial charge in [-0.1, -0.05) is 38.1 Å². The molecule has 10 rings (SSSR count). The van der Waals surface area contributed by atoms with Crippen molar-refractivity contribution in [3.63, 3.8) is 0 Å². The largest absolute Gasteiger partial charge is 0.444 e. The number of rotatable bonds is 20. The summed E-state index contributed by atoms with van der Waals surface area (Å²) < 4.78 is 190. The third-order valence-corrected chi connectivity index (χ3v) is 19.2. The van der Waals surface area contributed by atoms with Gasteiger partial charge in [0, 0.05) is 97.5 Å². The predicted molar refractivity (Wildman–Crippen MR) is 363 cm³/mol. The lowest BCUT2D eigenvalue weighted by molar-refractivity contribution is 0.0117. The minimum absolute atomic E-state index is 0.0866. The Morgan fingerprint density at radius 3 is 1.25 bits per heavy atom. The monoisotopic (exact) mass is 1430 g/mol. The number of aryl methyl sites for hydroxylation is 2. The zero-order valence-electron chi connectivity index (χ0n) is 56.7. The number of carbonyl (C=O) groups excluding carboxylic acids is 2. The standard InChI is InChI=1S/2C35H39F4N5O5S/c2*1-6-35(38,39)20-50(46,47)19-27-24-10-9-21(2)30(25(24)11-12-28(27)37)48-31-26(8-7-14-40-31)29-13-15-41-32(43-29)42-23-16-22(36)17-44(18-23)33(45)49-34(3,4)5/h2*7-15,22-23H,6,16-20H2,1-5H3,(H,41,42,43)/t2*22-,23-/m10/s1. The summed E-state index contributed by atoms with van der Waals surface area (Å²) in [4.78, 5) is 54.5. The number of ether oxygens (including phenoxy) is 4. The second-order valence-corrected chi connectivity index (χ2v) is 30.8. The minimum atomic E-state index is -4.39. The maximum Gasteiger partial charge on any atom is 0.410 e. The molecule has 2 aliphatic rings. The van der Waals surface area contributed by atoms with Crippen LogP contribution in [0.2, 0.25) is 0 Å². The number of sulfone groups is 2. The summed E-state index contributed by atoms with van der Waals surface area (Å²) in [5, 5.41) is 7.33. The van der Waals surface area contributed by atoms with Gasteiger partial charge >= 0.3 is 12.2 Å². The number of nitrogens with zero attached hydrogens (tertiary/aromatic N) is 8. The second-order valence-electron chi connectivity index (χ2n) is 26.7. The van der Waals surface area contributed by atoms with Gasteiger partial charge in [0.25, 0.3) is 11.8 Å².